The number of benzene rings is 3. The summed E-state index contributed by atoms with van der Waals surface area (Å²) in [6, 6.07) is 19.7. The normalized spacial score (nSPS) is 10.9. The third-order valence-electron chi connectivity index (χ3n) is 5.10. The molecule has 162 valence electrons. The first-order valence-corrected chi connectivity index (χ1v) is 10.3. The van der Waals surface area contributed by atoms with Gasteiger partial charge in [0, 0.05) is 11.6 Å². The molecule has 1 heterocycles. The molecule has 0 unspecified atom stereocenters. The van der Waals surface area contributed by atoms with Crippen molar-refractivity contribution in [3.05, 3.63) is 115 Å². The Balaban J connectivity index is 1.63. The molecule has 0 aliphatic rings. The fraction of sp³-hybridized carbons (Fsp3) is 0.125. The lowest BCUT2D eigenvalue weighted by atomic mass is 10.2. The summed E-state index contributed by atoms with van der Waals surface area (Å²) < 4.78 is 15.6. The summed E-state index contributed by atoms with van der Waals surface area (Å²) in [6.07, 6.45) is 0. The van der Waals surface area contributed by atoms with E-state index in [1.807, 2.05) is 0 Å². The predicted molar refractivity (Wildman–Crippen MR) is 121 cm³/mol. The SMILES string of the molecule is O=C(Cn1c(=O)c(=O)n(Cc2ccc(Cl)cc2)c2ccccc21)NCc1ccc(F)cc1. The summed E-state index contributed by atoms with van der Waals surface area (Å²) in [5.41, 5.74) is 1.05. The lowest BCUT2D eigenvalue weighted by Crippen LogP contribution is -2.44. The highest BCUT2D eigenvalue weighted by Gasteiger charge is 2.15. The lowest BCUT2D eigenvalue weighted by molar-refractivity contribution is -0.121. The minimum atomic E-state index is -0.783. The zero-order valence-corrected chi connectivity index (χ0v) is 17.7. The standard InChI is InChI=1S/C24H19ClFN3O3/c25-18-9-5-17(6-10-18)14-28-20-3-1-2-4-21(20)29(24(32)23(28)31)15-22(30)27-13-16-7-11-19(26)12-8-16/h1-12H,13-15H2,(H,27,30). The van der Waals surface area contributed by atoms with Crippen LogP contribution in [0.5, 0.6) is 0 Å². The zero-order chi connectivity index (χ0) is 22.7. The second-order valence-electron chi connectivity index (χ2n) is 7.30. The van der Waals surface area contributed by atoms with Crippen molar-refractivity contribution in [3.63, 3.8) is 0 Å². The second-order valence-corrected chi connectivity index (χ2v) is 7.74. The highest BCUT2D eigenvalue weighted by Crippen LogP contribution is 2.14. The van der Waals surface area contributed by atoms with Gasteiger partial charge in [-0.15, -0.1) is 0 Å². The van der Waals surface area contributed by atoms with Crippen LogP contribution in [0, 0.1) is 5.82 Å². The molecule has 0 bridgehead atoms. The Morgan fingerprint density at radius 3 is 2.03 bits per heavy atom. The Morgan fingerprint density at radius 1 is 0.812 bits per heavy atom. The molecular formula is C24H19ClFN3O3. The highest BCUT2D eigenvalue weighted by molar-refractivity contribution is 6.30. The van der Waals surface area contributed by atoms with Crippen molar-refractivity contribution >= 4 is 28.5 Å². The lowest BCUT2D eigenvalue weighted by Gasteiger charge is -2.15. The predicted octanol–water partition coefficient (Wildman–Crippen LogP) is 3.32. The molecule has 1 aromatic heterocycles. The van der Waals surface area contributed by atoms with Crippen LogP contribution in [0.2, 0.25) is 5.02 Å². The van der Waals surface area contributed by atoms with Crippen molar-refractivity contribution in [2.75, 3.05) is 0 Å². The maximum absolute atomic E-state index is 13.0. The molecule has 8 heteroatoms. The van der Waals surface area contributed by atoms with Gasteiger partial charge in [-0.2, -0.15) is 0 Å². The van der Waals surface area contributed by atoms with Gasteiger partial charge in [0.05, 0.1) is 17.6 Å². The van der Waals surface area contributed by atoms with Gasteiger partial charge >= 0.3 is 11.1 Å². The largest absolute Gasteiger partial charge is 0.350 e. The van der Waals surface area contributed by atoms with E-state index >= 15 is 0 Å². The third kappa shape index (κ3) is 4.63. The molecule has 6 nitrogen and oxygen atoms in total. The number of hydrogen-bond donors (Lipinski definition) is 1. The Morgan fingerprint density at radius 2 is 1.38 bits per heavy atom. The maximum atomic E-state index is 13.0. The second kappa shape index (κ2) is 9.20. The van der Waals surface area contributed by atoms with Gasteiger partial charge in [0.25, 0.3) is 0 Å². The van der Waals surface area contributed by atoms with Crippen molar-refractivity contribution in [1.82, 2.24) is 14.5 Å². The van der Waals surface area contributed by atoms with E-state index in [0.29, 0.717) is 16.1 Å². The Labute approximate surface area is 187 Å². The Kier molecular flexibility index (Phi) is 6.18. The number of nitrogens with zero attached hydrogens (tertiary/aromatic N) is 2. The van der Waals surface area contributed by atoms with E-state index in [4.69, 9.17) is 11.6 Å². The molecule has 1 N–H and O–H groups in total. The number of carbonyl (C=O) groups is 1. The van der Waals surface area contributed by atoms with Crippen molar-refractivity contribution in [1.29, 1.82) is 0 Å². The molecule has 0 saturated heterocycles. The monoisotopic (exact) mass is 451 g/mol. The van der Waals surface area contributed by atoms with Crippen LogP contribution in [-0.4, -0.2) is 15.0 Å². The number of nitrogens with one attached hydrogen (secondary N) is 1. The average Bonchev–Trinajstić information content (AvgIpc) is 2.80. The summed E-state index contributed by atoms with van der Waals surface area (Å²) in [4.78, 5) is 38.3. The zero-order valence-electron chi connectivity index (χ0n) is 16.9. The molecule has 0 aliphatic heterocycles. The van der Waals surface area contributed by atoms with Gasteiger partial charge in [-0.1, -0.05) is 48.0 Å². The van der Waals surface area contributed by atoms with Gasteiger partial charge in [-0.3, -0.25) is 23.5 Å². The third-order valence-corrected chi connectivity index (χ3v) is 5.35. The number of carbonyl (C=O) groups excluding carboxylic acids is 1. The minimum absolute atomic E-state index is 0.180. The van der Waals surface area contributed by atoms with Crippen LogP contribution in [0.4, 0.5) is 4.39 Å². The van der Waals surface area contributed by atoms with Crippen LogP contribution in [0.3, 0.4) is 0 Å². The van der Waals surface area contributed by atoms with Crippen molar-refractivity contribution < 1.29 is 9.18 Å². The van der Waals surface area contributed by atoms with E-state index in [2.05, 4.69) is 5.32 Å². The van der Waals surface area contributed by atoms with E-state index in [1.165, 1.54) is 21.3 Å². The number of rotatable bonds is 6. The molecule has 0 spiro atoms. The Bertz CT molecular complexity index is 1390. The van der Waals surface area contributed by atoms with Crippen molar-refractivity contribution in [3.8, 4) is 0 Å². The summed E-state index contributed by atoms with van der Waals surface area (Å²) >= 11 is 5.93. The molecule has 32 heavy (non-hydrogen) atoms. The van der Waals surface area contributed by atoms with Crippen LogP contribution in [0.1, 0.15) is 11.1 Å². The Hall–Kier alpha value is -3.71. The quantitative estimate of drug-likeness (QED) is 0.457. The van der Waals surface area contributed by atoms with Gasteiger partial charge in [-0.05, 0) is 47.5 Å². The van der Waals surface area contributed by atoms with Gasteiger partial charge in [0.1, 0.15) is 12.4 Å². The van der Waals surface area contributed by atoms with Gasteiger partial charge in [0.15, 0.2) is 0 Å². The van der Waals surface area contributed by atoms with Gasteiger partial charge < -0.3 is 5.32 Å². The van der Waals surface area contributed by atoms with Crippen LogP contribution in [0.15, 0.2) is 82.4 Å². The fourth-order valence-electron chi connectivity index (χ4n) is 3.46. The molecule has 3 aromatic carbocycles. The maximum Gasteiger partial charge on any atom is 0.317 e. The molecule has 1 amide bonds. The highest BCUT2D eigenvalue weighted by atomic mass is 35.5. The molecular weight excluding hydrogens is 433 g/mol. The molecule has 0 saturated carbocycles. The van der Waals surface area contributed by atoms with Gasteiger partial charge in [-0.25, -0.2) is 4.39 Å². The van der Waals surface area contributed by atoms with Crippen LogP contribution >= 0.6 is 11.6 Å². The first-order valence-electron chi connectivity index (χ1n) is 9.90. The first kappa shape index (κ1) is 21.5. The van der Waals surface area contributed by atoms with Crippen LogP contribution in [-0.2, 0) is 24.4 Å². The fourth-order valence-corrected chi connectivity index (χ4v) is 3.59. The first-order chi connectivity index (χ1) is 15.4. The summed E-state index contributed by atoms with van der Waals surface area (Å²) in [7, 11) is 0. The number of fused-ring (bicyclic) bond motifs is 1. The van der Waals surface area contributed by atoms with Crippen LogP contribution < -0.4 is 16.4 Å². The van der Waals surface area contributed by atoms with E-state index in [0.717, 1.165) is 11.1 Å². The number of amides is 1. The minimum Gasteiger partial charge on any atom is -0.350 e. The summed E-state index contributed by atoms with van der Waals surface area (Å²) in [5, 5.41) is 3.27. The molecule has 4 rings (SSSR count). The van der Waals surface area contributed by atoms with Gasteiger partial charge in [0.2, 0.25) is 5.91 Å². The summed E-state index contributed by atoms with van der Waals surface area (Å²) in [6.45, 7) is 0.0698. The molecule has 0 aliphatic carbocycles. The molecule has 4 aromatic rings. The number of hydrogen-bond acceptors (Lipinski definition) is 3. The van der Waals surface area contributed by atoms with E-state index in [-0.39, 0.29) is 25.5 Å². The number of para-hydroxylation sites is 2. The van der Waals surface area contributed by atoms with E-state index in [1.54, 1.807) is 60.7 Å². The molecule has 0 fully saturated rings. The van der Waals surface area contributed by atoms with Crippen LogP contribution in [0.25, 0.3) is 11.0 Å². The smallest absolute Gasteiger partial charge is 0.317 e. The van der Waals surface area contributed by atoms with E-state index in [9.17, 15) is 18.8 Å². The van der Waals surface area contributed by atoms with Crippen molar-refractivity contribution in [2.24, 2.45) is 0 Å². The number of aromatic nitrogens is 2. The number of halogens is 2. The van der Waals surface area contributed by atoms with E-state index < -0.39 is 17.0 Å². The average molecular weight is 452 g/mol. The molecule has 0 atom stereocenters. The molecule has 0 radical (unpaired) electrons. The summed E-state index contributed by atoms with van der Waals surface area (Å²) in [5.74, 6) is -0.798. The topological polar surface area (TPSA) is 73.1 Å². The van der Waals surface area contributed by atoms with Crippen molar-refractivity contribution in [2.45, 2.75) is 19.6 Å².